The lowest BCUT2D eigenvalue weighted by atomic mass is 9.98. The second kappa shape index (κ2) is 6.69. The van der Waals surface area contributed by atoms with Gasteiger partial charge in [-0.05, 0) is 62.4 Å². The molecule has 29 heavy (non-hydrogen) atoms. The summed E-state index contributed by atoms with van der Waals surface area (Å²) in [4.78, 5) is 25.1. The number of H-pyrrole nitrogens is 1. The zero-order chi connectivity index (χ0) is 19.4. The van der Waals surface area contributed by atoms with Crippen LogP contribution in [0.15, 0.2) is 35.0 Å². The first-order valence-electron chi connectivity index (χ1n) is 10.7. The molecule has 3 fully saturated rings. The summed E-state index contributed by atoms with van der Waals surface area (Å²) in [6.07, 6.45) is 6.92. The number of nitrogens with zero attached hydrogens (tertiary/aromatic N) is 4. The number of amides is 1. The molecule has 1 N–H and O–H groups in total. The van der Waals surface area contributed by atoms with Crippen LogP contribution in [-0.4, -0.2) is 57.0 Å². The number of aromatic nitrogens is 3. The van der Waals surface area contributed by atoms with Crippen LogP contribution in [0.5, 0.6) is 0 Å². The van der Waals surface area contributed by atoms with E-state index < -0.39 is 0 Å². The normalized spacial score (nSPS) is 23.0. The van der Waals surface area contributed by atoms with Crippen molar-refractivity contribution in [1.82, 2.24) is 24.9 Å². The van der Waals surface area contributed by atoms with Gasteiger partial charge in [0.25, 0.3) is 5.91 Å². The lowest BCUT2D eigenvalue weighted by Crippen LogP contribution is -2.48. The number of hydrogen-bond acceptors (Lipinski definition) is 5. The molecule has 1 unspecified atom stereocenters. The molecular formula is C22H25N5O2. The van der Waals surface area contributed by atoms with E-state index in [-0.39, 0.29) is 17.9 Å². The number of aromatic amines is 1. The standard InChI is InChI=1S/C22H25N5O2/c28-22(16-5-6-18-15(10-16)7-8-23-18)27-12-17(13-27)20-24-21(29-25-20)19-2-1-9-26(19)11-14-3-4-14/h5-8,10,14,17,19,23H,1-4,9,11-13H2. The van der Waals surface area contributed by atoms with Gasteiger partial charge in [-0.2, -0.15) is 4.98 Å². The summed E-state index contributed by atoms with van der Waals surface area (Å²) in [6.45, 7) is 3.61. The van der Waals surface area contributed by atoms with Gasteiger partial charge >= 0.3 is 0 Å². The molecule has 1 atom stereocenters. The third-order valence-corrected chi connectivity index (χ3v) is 6.63. The maximum Gasteiger partial charge on any atom is 0.253 e. The maximum atomic E-state index is 12.8. The van der Waals surface area contributed by atoms with Crippen LogP contribution in [0.1, 0.15) is 59.7 Å². The minimum atomic E-state index is 0.0690. The highest BCUT2D eigenvalue weighted by atomic mass is 16.5. The number of rotatable bonds is 5. The molecule has 3 aliphatic rings. The third kappa shape index (κ3) is 3.13. The molecule has 2 aromatic heterocycles. The molecule has 2 saturated heterocycles. The Hall–Kier alpha value is -2.67. The fourth-order valence-electron chi connectivity index (χ4n) is 4.68. The van der Waals surface area contributed by atoms with Gasteiger partial charge in [-0.1, -0.05) is 5.16 Å². The first-order chi connectivity index (χ1) is 14.2. The van der Waals surface area contributed by atoms with Crippen LogP contribution in [0.4, 0.5) is 0 Å². The van der Waals surface area contributed by atoms with Crippen molar-refractivity contribution in [3.05, 3.63) is 47.7 Å². The molecule has 1 amide bonds. The number of benzene rings is 1. The highest BCUT2D eigenvalue weighted by molar-refractivity contribution is 5.98. The van der Waals surface area contributed by atoms with Crippen LogP contribution in [0.25, 0.3) is 10.9 Å². The summed E-state index contributed by atoms with van der Waals surface area (Å²) < 4.78 is 5.65. The lowest BCUT2D eigenvalue weighted by molar-refractivity contribution is 0.0592. The summed E-state index contributed by atoms with van der Waals surface area (Å²) in [5.41, 5.74) is 1.77. The number of nitrogens with one attached hydrogen (secondary N) is 1. The van der Waals surface area contributed by atoms with E-state index in [1.165, 1.54) is 25.8 Å². The Kier molecular flexibility index (Phi) is 3.97. The van der Waals surface area contributed by atoms with Crippen molar-refractivity contribution >= 4 is 16.8 Å². The second-order valence-electron chi connectivity index (χ2n) is 8.77. The first kappa shape index (κ1) is 17.2. The van der Waals surface area contributed by atoms with E-state index >= 15 is 0 Å². The summed E-state index contributed by atoms with van der Waals surface area (Å²) in [7, 11) is 0. The Morgan fingerprint density at radius 1 is 1.21 bits per heavy atom. The lowest BCUT2D eigenvalue weighted by Gasteiger charge is -2.37. The SMILES string of the molecule is O=C(c1ccc2[nH]ccc2c1)N1CC(c2noc(C3CCCN3CC3CC3)n2)C1. The molecule has 7 heteroatoms. The van der Waals surface area contributed by atoms with Crippen molar-refractivity contribution < 1.29 is 9.32 Å². The van der Waals surface area contributed by atoms with Crippen molar-refractivity contribution in [2.45, 2.75) is 37.6 Å². The first-order valence-corrected chi connectivity index (χ1v) is 10.7. The zero-order valence-corrected chi connectivity index (χ0v) is 16.4. The van der Waals surface area contributed by atoms with Crippen molar-refractivity contribution in [3.8, 4) is 0 Å². The molecule has 7 nitrogen and oxygen atoms in total. The van der Waals surface area contributed by atoms with E-state index in [1.54, 1.807) is 0 Å². The molecule has 1 saturated carbocycles. The molecular weight excluding hydrogens is 366 g/mol. The summed E-state index contributed by atoms with van der Waals surface area (Å²) >= 11 is 0. The van der Waals surface area contributed by atoms with Gasteiger partial charge in [0, 0.05) is 42.3 Å². The Balaban J connectivity index is 1.10. The van der Waals surface area contributed by atoms with Crippen molar-refractivity contribution in [2.75, 3.05) is 26.2 Å². The Morgan fingerprint density at radius 3 is 2.97 bits per heavy atom. The van der Waals surface area contributed by atoms with Crippen molar-refractivity contribution in [1.29, 1.82) is 0 Å². The van der Waals surface area contributed by atoms with Gasteiger partial charge in [0.15, 0.2) is 5.82 Å². The van der Waals surface area contributed by atoms with E-state index in [0.29, 0.717) is 13.1 Å². The monoisotopic (exact) mass is 391 g/mol. The molecule has 1 aliphatic carbocycles. The topological polar surface area (TPSA) is 78.3 Å². The minimum Gasteiger partial charge on any atom is -0.361 e. The number of likely N-dealkylation sites (tertiary alicyclic amines) is 2. The molecule has 150 valence electrons. The minimum absolute atomic E-state index is 0.0690. The van der Waals surface area contributed by atoms with Crippen LogP contribution < -0.4 is 0 Å². The largest absolute Gasteiger partial charge is 0.361 e. The molecule has 2 aliphatic heterocycles. The number of hydrogen-bond donors (Lipinski definition) is 1. The molecule has 4 heterocycles. The fraction of sp³-hybridized carbons (Fsp3) is 0.500. The predicted molar refractivity (Wildman–Crippen MR) is 108 cm³/mol. The quantitative estimate of drug-likeness (QED) is 0.722. The Labute approximate surface area is 169 Å². The molecule has 3 aromatic rings. The molecule has 0 spiro atoms. The second-order valence-corrected chi connectivity index (χ2v) is 8.77. The Morgan fingerprint density at radius 2 is 2.10 bits per heavy atom. The average molecular weight is 391 g/mol. The number of carbonyl (C=O) groups excluding carboxylic acids is 1. The highest BCUT2D eigenvalue weighted by Crippen LogP contribution is 2.37. The maximum absolute atomic E-state index is 12.8. The van der Waals surface area contributed by atoms with Crippen LogP contribution in [0.2, 0.25) is 0 Å². The van der Waals surface area contributed by atoms with Gasteiger partial charge in [0.2, 0.25) is 5.89 Å². The third-order valence-electron chi connectivity index (χ3n) is 6.63. The number of carbonyl (C=O) groups is 1. The van der Waals surface area contributed by atoms with Crippen molar-refractivity contribution in [3.63, 3.8) is 0 Å². The fourth-order valence-corrected chi connectivity index (χ4v) is 4.68. The summed E-state index contributed by atoms with van der Waals surface area (Å²) in [5.74, 6) is 2.63. The molecule has 0 radical (unpaired) electrons. The van der Waals surface area contributed by atoms with E-state index in [2.05, 4.69) is 15.0 Å². The Bertz CT molecular complexity index is 1050. The van der Waals surface area contributed by atoms with Gasteiger partial charge in [-0.25, -0.2) is 0 Å². The van der Waals surface area contributed by atoms with E-state index in [4.69, 9.17) is 9.51 Å². The summed E-state index contributed by atoms with van der Waals surface area (Å²) in [6, 6.07) is 8.06. The predicted octanol–water partition coefficient (Wildman–Crippen LogP) is 3.34. The average Bonchev–Trinajstić information content (AvgIpc) is 3.10. The summed E-state index contributed by atoms with van der Waals surface area (Å²) in [5, 5.41) is 5.32. The van der Waals surface area contributed by atoms with Crippen LogP contribution in [0, 0.1) is 5.92 Å². The molecule has 1 aromatic carbocycles. The van der Waals surface area contributed by atoms with E-state index in [1.807, 2.05) is 35.4 Å². The van der Waals surface area contributed by atoms with Gasteiger partial charge in [-0.3, -0.25) is 9.69 Å². The number of fused-ring (bicyclic) bond motifs is 1. The van der Waals surface area contributed by atoms with Gasteiger partial charge in [-0.15, -0.1) is 0 Å². The van der Waals surface area contributed by atoms with Crippen LogP contribution >= 0.6 is 0 Å². The van der Waals surface area contributed by atoms with Crippen LogP contribution in [-0.2, 0) is 0 Å². The van der Waals surface area contributed by atoms with E-state index in [0.717, 1.165) is 47.1 Å². The van der Waals surface area contributed by atoms with Gasteiger partial charge in [0.1, 0.15) is 0 Å². The van der Waals surface area contributed by atoms with Gasteiger partial charge in [0.05, 0.1) is 12.0 Å². The zero-order valence-electron chi connectivity index (χ0n) is 16.4. The van der Waals surface area contributed by atoms with E-state index in [9.17, 15) is 4.79 Å². The highest BCUT2D eigenvalue weighted by Gasteiger charge is 2.38. The van der Waals surface area contributed by atoms with Crippen LogP contribution in [0.3, 0.4) is 0 Å². The molecule has 0 bridgehead atoms. The van der Waals surface area contributed by atoms with Crippen molar-refractivity contribution in [2.24, 2.45) is 5.92 Å². The van der Waals surface area contributed by atoms with Gasteiger partial charge < -0.3 is 14.4 Å². The smallest absolute Gasteiger partial charge is 0.253 e. The molecule has 6 rings (SSSR count).